The van der Waals surface area contributed by atoms with E-state index in [-0.39, 0.29) is 11.0 Å². The molecule has 1 aliphatic rings. The Balaban J connectivity index is 1.61. The van der Waals surface area contributed by atoms with E-state index in [4.69, 9.17) is 4.74 Å². The van der Waals surface area contributed by atoms with E-state index in [1.165, 1.54) is 0 Å². The number of nitrogens with one attached hydrogen (secondary N) is 1. The van der Waals surface area contributed by atoms with E-state index in [1.807, 2.05) is 12.1 Å². The van der Waals surface area contributed by atoms with Crippen molar-refractivity contribution in [3.05, 3.63) is 70.0 Å². The van der Waals surface area contributed by atoms with Crippen LogP contribution in [0.3, 0.4) is 0 Å². The molecule has 0 spiro atoms. The number of ether oxygens (including phenoxy) is 1. The minimum Gasteiger partial charge on any atom is -0.478 e. The second-order valence-corrected chi connectivity index (χ2v) is 7.65. The van der Waals surface area contributed by atoms with Crippen molar-refractivity contribution in [2.24, 2.45) is 0 Å². The molecule has 1 fully saturated rings. The smallest absolute Gasteiger partial charge is 0.336 e. The van der Waals surface area contributed by atoms with Gasteiger partial charge >= 0.3 is 5.97 Å². The van der Waals surface area contributed by atoms with Crippen molar-refractivity contribution >= 4 is 22.7 Å². The normalized spacial score (nSPS) is 14.1. The number of pyridine rings is 1. The number of para-hydroxylation sites is 1. The average Bonchev–Trinajstić information content (AvgIpc) is 3.29. The molecule has 0 bridgehead atoms. The molecule has 9 heteroatoms. The Morgan fingerprint density at radius 2 is 1.94 bits per heavy atom. The highest BCUT2D eigenvalue weighted by Crippen LogP contribution is 2.27. The van der Waals surface area contributed by atoms with Crippen molar-refractivity contribution in [3.8, 4) is 16.9 Å². The van der Waals surface area contributed by atoms with Crippen LogP contribution in [-0.2, 0) is 4.74 Å². The lowest BCUT2D eigenvalue weighted by molar-refractivity contribution is 0.0696. The van der Waals surface area contributed by atoms with Crippen LogP contribution in [0.15, 0.2) is 53.5 Å². The van der Waals surface area contributed by atoms with Crippen LogP contribution in [0.4, 0.5) is 5.82 Å². The quantitative estimate of drug-likeness (QED) is 0.511. The first kappa shape index (κ1) is 20.0. The number of fused-ring (bicyclic) bond motifs is 1. The number of benzene rings is 2. The third-order valence-corrected chi connectivity index (χ3v) is 5.75. The fourth-order valence-corrected chi connectivity index (χ4v) is 4.05. The molecule has 9 nitrogen and oxygen atoms in total. The molecule has 162 valence electrons. The first-order valence-corrected chi connectivity index (χ1v) is 10.3. The number of aromatic nitrogens is 4. The molecule has 2 aromatic carbocycles. The fourth-order valence-electron chi connectivity index (χ4n) is 4.05. The summed E-state index contributed by atoms with van der Waals surface area (Å²) in [7, 11) is 0. The largest absolute Gasteiger partial charge is 0.478 e. The standard InChI is InChI=1S/C23H21N5O4/c1-14-15(23(30)31)4-3-7-19(14)28-13-18(25-26-28)16-5-2-6-17-20(29)12-21(24-22(16)17)27-8-10-32-11-9-27/h2-7,12-13H,8-11H2,1H3,(H,24,29)(H,30,31). The van der Waals surface area contributed by atoms with Gasteiger partial charge in [0.1, 0.15) is 11.5 Å². The first-order chi connectivity index (χ1) is 15.5. The second kappa shape index (κ2) is 7.93. The molecule has 2 aromatic heterocycles. The molecule has 2 N–H and O–H groups in total. The van der Waals surface area contributed by atoms with Crippen LogP contribution in [0.2, 0.25) is 0 Å². The lowest BCUT2D eigenvalue weighted by Gasteiger charge is -2.28. The molecule has 4 aromatic rings. The molecule has 32 heavy (non-hydrogen) atoms. The predicted molar refractivity (Wildman–Crippen MR) is 120 cm³/mol. The van der Waals surface area contributed by atoms with Gasteiger partial charge in [-0.2, -0.15) is 0 Å². The van der Waals surface area contributed by atoms with Gasteiger partial charge in [-0.3, -0.25) is 4.79 Å². The van der Waals surface area contributed by atoms with E-state index in [1.54, 1.807) is 48.1 Å². The summed E-state index contributed by atoms with van der Waals surface area (Å²) in [6, 6.07) is 12.1. The van der Waals surface area contributed by atoms with Gasteiger partial charge in [-0.15, -0.1) is 5.10 Å². The number of H-pyrrole nitrogens is 1. The molecule has 0 atom stereocenters. The molecule has 0 unspecified atom stereocenters. The molecule has 5 rings (SSSR count). The molecular formula is C23H21N5O4. The maximum Gasteiger partial charge on any atom is 0.336 e. The van der Waals surface area contributed by atoms with Crippen molar-refractivity contribution in [1.82, 2.24) is 20.0 Å². The van der Waals surface area contributed by atoms with Gasteiger partial charge in [0, 0.05) is 30.1 Å². The van der Waals surface area contributed by atoms with Gasteiger partial charge in [-0.1, -0.05) is 23.4 Å². The molecule has 3 heterocycles. The summed E-state index contributed by atoms with van der Waals surface area (Å²) in [5, 5.41) is 18.5. The average molecular weight is 431 g/mol. The molecule has 1 saturated heterocycles. The number of rotatable bonds is 4. The zero-order valence-corrected chi connectivity index (χ0v) is 17.4. The SMILES string of the molecule is Cc1c(C(=O)O)cccc1-n1cc(-c2cccc3c(=O)cc(N4CCOCC4)[nH]c23)nn1. The summed E-state index contributed by atoms with van der Waals surface area (Å²) < 4.78 is 6.97. The number of carbonyl (C=O) groups is 1. The Morgan fingerprint density at radius 3 is 2.72 bits per heavy atom. The Hall–Kier alpha value is -3.98. The number of morpholine rings is 1. The van der Waals surface area contributed by atoms with Gasteiger partial charge in [0.15, 0.2) is 5.43 Å². The Bertz CT molecular complexity index is 1380. The summed E-state index contributed by atoms with van der Waals surface area (Å²) in [5.74, 6) is -0.248. The number of carboxylic acid groups (broad SMARTS) is 1. The van der Waals surface area contributed by atoms with Gasteiger partial charge in [0.25, 0.3) is 0 Å². The molecule has 0 amide bonds. The maximum atomic E-state index is 12.8. The lowest BCUT2D eigenvalue weighted by Crippen LogP contribution is -2.37. The van der Waals surface area contributed by atoms with Crippen LogP contribution < -0.4 is 10.3 Å². The molecular weight excluding hydrogens is 410 g/mol. The number of anilines is 1. The van der Waals surface area contributed by atoms with Gasteiger partial charge < -0.3 is 19.7 Å². The molecule has 1 aliphatic heterocycles. The van der Waals surface area contributed by atoms with Crippen molar-refractivity contribution in [2.75, 3.05) is 31.2 Å². The van der Waals surface area contributed by atoms with Crippen LogP contribution in [0.1, 0.15) is 15.9 Å². The van der Waals surface area contributed by atoms with Gasteiger partial charge in [0.2, 0.25) is 0 Å². The van der Waals surface area contributed by atoms with Crippen molar-refractivity contribution in [1.29, 1.82) is 0 Å². The summed E-state index contributed by atoms with van der Waals surface area (Å²) in [4.78, 5) is 29.8. The molecule has 0 aliphatic carbocycles. The van der Waals surface area contributed by atoms with Crippen molar-refractivity contribution in [3.63, 3.8) is 0 Å². The maximum absolute atomic E-state index is 12.8. The Labute approximate surface area is 182 Å². The van der Waals surface area contributed by atoms with Crippen LogP contribution >= 0.6 is 0 Å². The monoisotopic (exact) mass is 431 g/mol. The topological polar surface area (TPSA) is 113 Å². The van der Waals surface area contributed by atoms with E-state index < -0.39 is 5.97 Å². The minimum absolute atomic E-state index is 0.0699. The van der Waals surface area contributed by atoms with E-state index in [0.29, 0.717) is 54.2 Å². The summed E-state index contributed by atoms with van der Waals surface area (Å²) in [6.45, 7) is 4.39. The van der Waals surface area contributed by atoms with E-state index in [0.717, 1.165) is 11.4 Å². The summed E-state index contributed by atoms with van der Waals surface area (Å²) in [5.41, 5.74) is 3.37. The predicted octanol–water partition coefficient (Wildman–Crippen LogP) is 2.62. The molecule has 0 radical (unpaired) electrons. The zero-order valence-electron chi connectivity index (χ0n) is 17.4. The Morgan fingerprint density at radius 1 is 1.16 bits per heavy atom. The van der Waals surface area contributed by atoms with Gasteiger partial charge in [-0.25, -0.2) is 9.48 Å². The minimum atomic E-state index is -0.994. The summed E-state index contributed by atoms with van der Waals surface area (Å²) in [6.07, 6.45) is 1.74. The highest BCUT2D eigenvalue weighted by Gasteiger charge is 2.17. The van der Waals surface area contributed by atoms with E-state index in [9.17, 15) is 14.7 Å². The fraction of sp³-hybridized carbons (Fsp3) is 0.217. The van der Waals surface area contributed by atoms with Crippen molar-refractivity contribution in [2.45, 2.75) is 6.92 Å². The van der Waals surface area contributed by atoms with Crippen molar-refractivity contribution < 1.29 is 14.6 Å². The highest BCUT2D eigenvalue weighted by atomic mass is 16.5. The third-order valence-electron chi connectivity index (χ3n) is 5.75. The van der Waals surface area contributed by atoms with E-state index >= 15 is 0 Å². The highest BCUT2D eigenvalue weighted by molar-refractivity contribution is 5.93. The molecule has 0 saturated carbocycles. The number of hydrogen-bond acceptors (Lipinski definition) is 6. The number of aromatic amines is 1. The number of aromatic carboxylic acids is 1. The number of carboxylic acids is 1. The number of hydrogen-bond donors (Lipinski definition) is 2. The van der Waals surface area contributed by atoms with E-state index in [2.05, 4.69) is 20.2 Å². The number of nitrogens with zero attached hydrogens (tertiary/aromatic N) is 4. The zero-order chi connectivity index (χ0) is 22.2. The first-order valence-electron chi connectivity index (χ1n) is 10.3. The third kappa shape index (κ3) is 3.42. The van der Waals surface area contributed by atoms with Crippen LogP contribution in [0.25, 0.3) is 27.8 Å². The van der Waals surface area contributed by atoms with Crippen LogP contribution in [0, 0.1) is 6.92 Å². The van der Waals surface area contributed by atoms with Crippen LogP contribution in [0.5, 0.6) is 0 Å². The summed E-state index contributed by atoms with van der Waals surface area (Å²) >= 11 is 0. The van der Waals surface area contributed by atoms with Gasteiger partial charge in [0.05, 0.1) is 36.2 Å². The van der Waals surface area contributed by atoms with Crippen LogP contribution in [-0.4, -0.2) is 57.4 Å². The lowest BCUT2D eigenvalue weighted by atomic mass is 10.1. The van der Waals surface area contributed by atoms with Gasteiger partial charge in [-0.05, 0) is 30.7 Å². The second-order valence-electron chi connectivity index (χ2n) is 7.65. The Kier molecular flexibility index (Phi) is 4.95.